The number of benzene rings is 2. The van der Waals surface area contributed by atoms with Crippen molar-refractivity contribution in [2.45, 2.75) is 72.5 Å². The number of rotatable bonds is 14. The standard InChI is InChI=1S/C20H18N2O4.C11H17N7.C9H13N7/c23-19(24)16-9-8-14(13-17(16)20(25)26)5-4-11-22-12-10-21-18(22)15-6-2-1-3-7-15;1-3-9-14-7(2)6-18(9)5-4-8-15-10(12)17-11(13)16-8;1-6-12-3-5-16(6)4-2-7-13-8(10)15-9(11)14-7/h1-3,6-10,12-13H,4-5,11H2,(H,23,24)(H,25,26);6H,3-5H2,1-2H3,(H4,12,13,15,16,17);3,5H,2,4H2,1H3,(H4,10,11,13,14,15). The molecular weight excluding hydrogens is 769 g/mol. The summed E-state index contributed by atoms with van der Waals surface area (Å²) in [5.74, 6) is 2.27. The molecule has 7 rings (SSSR count). The number of carboxylic acids is 2. The van der Waals surface area contributed by atoms with Crippen LogP contribution in [0.2, 0.25) is 0 Å². The predicted octanol–water partition coefficient (Wildman–Crippen LogP) is 3.71. The lowest BCUT2D eigenvalue weighted by Gasteiger charge is -2.09. The van der Waals surface area contributed by atoms with Crippen molar-refractivity contribution >= 4 is 35.7 Å². The molecule has 7 aromatic rings. The van der Waals surface area contributed by atoms with Crippen molar-refractivity contribution in [2.75, 3.05) is 22.9 Å². The van der Waals surface area contributed by atoms with E-state index in [9.17, 15) is 14.7 Å². The monoisotopic (exact) mass is 816 g/mol. The van der Waals surface area contributed by atoms with E-state index in [1.807, 2.05) is 67.3 Å². The Bertz CT molecular complexity index is 2470. The summed E-state index contributed by atoms with van der Waals surface area (Å²) in [5, 5.41) is 18.3. The van der Waals surface area contributed by atoms with Gasteiger partial charge >= 0.3 is 11.9 Å². The maximum Gasteiger partial charge on any atom is 0.336 e. The number of carbonyl (C=O) groups is 2. The normalized spacial score (nSPS) is 10.7. The van der Waals surface area contributed by atoms with Crippen LogP contribution < -0.4 is 22.9 Å². The van der Waals surface area contributed by atoms with Gasteiger partial charge in [0.25, 0.3) is 0 Å². The fourth-order valence-electron chi connectivity index (χ4n) is 6.19. The van der Waals surface area contributed by atoms with Gasteiger partial charge in [0.15, 0.2) is 0 Å². The summed E-state index contributed by atoms with van der Waals surface area (Å²) in [6, 6.07) is 14.4. The maximum absolute atomic E-state index is 11.3. The minimum absolute atomic E-state index is 0.157. The Morgan fingerprint density at radius 3 is 1.75 bits per heavy atom. The van der Waals surface area contributed by atoms with Crippen LogP contribution in [0.25, 0.3) is 11.4 Å². The molecule has 0 saturated heterocycles. The molecule has 0 saturated carbocycles. The number of aromatic nitrogens is 12. The van der Waals surface area contributed by atoms with Gasteiger partial charge in [0.05, 0.1) is 16.8 Å². The molecule has 0 fully saturated rings. The quantitative estimate of drug-likeness (QED) is 0.0911. The molecule has 10 N–H and O–H groups in total. The number of nitrogen functional groups attached to an aromatic ring is 4. The third-order valence-corrected chi connectivity index (χ3v) is 8.96. The highest BCUT2D eigenvalue weighted by Gasteiger charge is 2.16. The van der Waals surface area contributed by atoms with Crippen LogP contribution in [-0.4, -0.2) is 80.7 Å². The van der Waals surface area contributed by atoms with E-state index in [4.69, 9.17) is 28.0 Å². The number of aryl methyl sites for hydroxylation is 9. The highest BCUT2D eigenvalue weighted by atomic mass is 16.4. The Morgan fingerprint density at radius 1 is 0.633 bits per heavy atom. The lowest BCUT2D eigenvalue weighted by Crippen LogP contribution is -2.10. The van der Waals surface area contributed by atoms with E-state index in [2.05, 4.69) is 60.9 Å². The molecule has 0 amide bonds. The molecule has 0 bridgehead atoms. The van der Waals surface area contributed by atoms with Crippen LogP contribution in [0.15, 0.2) is 79.5 Å². The van der Waals surface area contributed by atoms with Crippen molar-refractivity contribution in [3.8, 4) is 11.4 Å². The third kappa shape index (κ3) is 12.4. The number of nitrogens with two attached hydrogens (primary N) is 4. The second kappa shape index (κ2) is 20.6. The van der Waals surface area contributed by atoms with Crippen molar-refractivity contribution in [1.29, 1.82) is 0 Å². The van der Waals surface area contributed by atoms with Crippen LogP contribution in [0.4, 0.5) is 23.8 Å². The number of carboxylic acid groups (broad SMARTS) is 2. The van der Waals surface area contributed by atoms with Crippen molar-refractivity contribution in [2.24, 2.45) is 0 Å². The van der Waals surface area contributed by atoms with E-state index in [1.54, 1.807) is 18.5 Å². The fourth-order valence-corrected chi connectivity index (χ4v) is 6.19. The number of hydrogen-bond acceptors (Lipinski definition) is 15. The van der Waals surface area contributed by atoms with E-state index < -0.39 is 11.9 Å². The van der Waals surface area contributed by atoms with Crippen molar-refractivity contribution in [3.05, 3.63) is 125 Å². The highest BCUT2D eigenvalue weighted by Crippen LogP contribution is 2.19. The van der Waals surface area contributed by atoms with Crippen molar-refractivity contribution < 1.29 is 19.8 Å². The zero-order chi connectivity index (χ0) is 43.2. The Balaban J connectivity index is 0.000000177. The number of imidazole rings is 3. The SMILES string of the molecule is CCc1nc(C)cn1CCc1nc(N)nc(N)n1.Cc1nccn1CCc1nc(N)nc(N)n1.O=C(O)c1ccc(CCCn2ccnc2-c2ccccc2)cc1C(=O)O. The largest absolute Gasteiger partial charge is 0.478 e. The molecule has 0 aliphatic carbocycles. The lowest BCUT2D eigenvalue weighted by atomic mass is 10.0. The zero-order valence-electron chi connectivity index (χ0n) is 33.5. The first-order chi connectivity index (χ1) is 28.8. The Kier molecular flexibility index (Phi) is 14.9. The molecule has 5 heterocycles. The van der Waals surface area contributed by atoms with Crippen LogP contribution in [0.5, 0.6) is 0 Å². The summed E-state index contributed by atoms with van der Waals surface area (Å²) in [4.78, 5) is 58.9. The fraction of sp³-hybridized carbons (Fsp3) is 0.275. The van der Waals surface area contributed by atoms with Crippen LogP contribution in [0, 0.1) is 13.8 Å². The van der Waals surface area contributed by atoms with E-state index in [0.29, 0.717) is 30.9 Å². The number of aromatic carboxylic acids is 2. The van der Waals surface area contributed by atoms with Gasteiger partial charge in [0.2, 0.25) is 23.8 Å². The van der Waals surface area contributed by atoms with Gasteiger partial charge in [-0.05, 0) is 44.4 Å². The second-order valence-corrected chi connectivity index (χ2v) is 13.4. The summed E-state index contributed by atoms with van der Waals surface area (Å²) in [6.45, 7) is 8.23. The first-order valence-corrected chi connectivity index (χ1v) is 19.0. The van der Waals surface area contributed by atoms with Gasteiger partial charge in [-0.25, -0.2) is 24.5 Å². The molecule has 60 heavy (non-hydrogen) atoms. The summed E-state index contributed by atoms with van der Waals surface area (Å²) in [6.07, 6.45) is 13.0. The number of hydrogen-bond donors (Lipinski definition) is 6. The molecule has 0 unspecified atom stereocenters. The first-order valence-electron chi connectivity index (χ1n) is 19.0. The molecule has 2 aromatic carbocycles. The topological polar surface area (TPSA) is 309 Å². The van der Waals surface area contributed by atoms with E-state index in [0.717, 1.165) is 66.8 Å². The van der Waals surface area contributed by atoms with Crippen molar-refractivity contribution in [1.82, 2.24) is 58.6 Å². The molecular formula is C40H48N16O4. The molecule has 0 aliphatic rings. The molecule has 20 heteroatoms. The average molecular weight is 817 g/mol. The third-order valence-electron chi connectivity index (χ3n) is 8.96. The van der Waals surface area contributed by atoms with Crippen LogP contribution in [0.3, 0.4) is 0 Å². The summed E-state index contributed by atoms with van der Waals surface area (Å²) in [5.41, 5.74) is 24.5. The summed E-state index contributed by atoms with van der Waals surface area (Å²) < 4.78 is 6.17. The molecule has 0 atom stereocenters. The number of anilines is 4. The molecule has 312 valence electrons. The van der Waals surface area contributed by atoms with E-state index in [1.165, 1.54) is 12.1 Å². The Hall–Kier alpha value is -7.77. The maximum atomic E-state index is 11.3. The molecule has 5 aromatic heterocycles. The van der Waals surface area contributed by atoms with Gasteiger partial charge in [-0.3, -0.25) is 0 Å². The van der Waals surface area contributed by atoms with Gasteiger partial charge < -0.3 is 46.8 Å². The van der Waals surface area contributed by atoms with Gasteiger partial charge in [-0.1, -0.05) is 43.3 Å². The molecule has 0 radical (unpaired) electrons. The van der Waals surface area contributed by atoms with Gasteiger partial charge in [-0.15, -0.1) is 0 Å². The van der Waals surface area contributed by atoms with Gasteiger partial charge in [0, 0.05) is 75.4 Å². The van der Waals surface area contributed by atoms with Crippen LogP contribution in [-0.2, 0) is 45.3 Å². The van der Waals surface area contributed by atoms with Crippen LogP contribution in [0.1, 0.15) is 68.6 Å². The Labute approximate surface area is 345 Å². The molecule has 0 aliphatic heterocycles. The minimum atomic E-state index is -1.24. The smallest absolute Gasteiger partial charge is 0.336 e. The predicted molar refractivity (Wildman–Crippen MR) is 224 cm³/mol. The lowest BCUT2D eigenvalue weighted by molar-refractivity contribution is 0.0651. The second-order valence-electron chi connectivity index (χ2n) is 13.4. The zero-order valence-corrected chi connectivity index (χ0v) is 33.5. The summed E-state index contributed by atoms with van der Waals surface area (Å²) >= 11 is 0. The minimum Gasteiger partial charge on any atom is -0.478 e. The van der Waals surface area contributed by atoms with Gasteiger partial charge in [0.1, 0.15) is 29.1 Å². The number of nitrogens with zero attached hydrogens (tertiary/aromatic N) is 12. The van der Waals surface area contributed by atoms with E-state index >= 15 is 0 Å². The van der Waals surface area contributed by atoms with Crippen LogP contribution >= 0.6 is 0 Å². The average Bonchev–Trinajstić information content (AvgIpc) is 3.95. The Morgan fingerprint density at radius 2 is 1.20 bits per heavy atom. The first kappa shape index (κ1) is 43.4. The molecule has 0 spiro atoms. The van der Waals surface area contributed by atoms with Gasteiger partial charge in [-0.2, -0.15) is 29.9 Å². The highest BCUT2D eigenvalue weighted by molar-refractivity contribution is 6.01. The molecule has 20 nitrogen and oxygen atoms in total. The van der Waals surface area contributed by atoms with Crippen molar-refractivity contribution in [3.63, 3.8) is 0 Å². The van der Waals surface area contributed by atoms with E-state index in [-0.39, 0.29) is 34.9 Å². The summed E-state index contributed by atoms with van der Waals surface area (Å²) in [7, 11) is 0.